The second kappa shape index (κ2) is 6.88. The molecule has 1 N–H and O–H groups in total. The van der Waals surface area contributed by atoms with Gasteiger partial charge in [-0.05, 0) is 38.1 Å². The lowest BCUT2D eigenvalue weighted by atomic mass is 10.3. The van der Waals surface area contributed by atoms with Crippen molar-refractivity contribution in [2.45, 2.75) is 31.2 Å². The summed E-state index contributed by atoms with van der Waals surface area (Å²) < 4.78 is 31.1. The number of ether oxygens (including phenoxy) is 1. The Morgan fingerprint density at radius 3 is 2.47 bits per heavy atom. The van der Waals surface area contributed by atoms with E-state index < -0.39 is 22.0 Å². The molecule has 0 amide bonds. The monoisotopic (exact) mass is 305 g/mol. The minimum absolute atomic E-state index is 0.0132. The van der Waals surface area contributed by atoms with E-state index in [1.54, 1.807) is 13.8 Å². The van der Waals surface area contributed by atoms with Crippen molar-refractivity contribution in [1.29, 1.82) is 0 Å². The highest BCUT2D eigenvalue weighted by Crippen LogP contribution is 2.14. The molecule has 0 radical (unpaired) electrons. The summed E-state index contributed by atoms with van der Waals surface area (Å²) in [5, 5.41) is 0.457. The number of carbonyl (C=O) groups is 1. The Kier molecular flexibility index (Phi) is 5.78. The van der Waals surface area contributed by atoms with Crippen LogP contribution in [0.1, 0.15) is 20.3 Å². The van der Waals surface area contributed by atoms with Gasteiger partial charge in [-0.15, -0.1) is 0 Å². The smallest absolute Gasteiger partial charge is 0.307 e. The number of esters is 1. The number of carbonyl (C=O) groups excluding carboxylic acids is 1. The molecule has 7 heteroatoms. The molecule has 0 bridgehead atoms. The number of hydrogen-bond donors (Lipinski definition) is 1. The number of hydrogen-bond acceptors (Lipinski definition) is 4. The van der Waals surface area contributed by atoms with Crippen molar-refractivity contribution in [3.8, 4) is 0 Å². The molecule has 1 rings (SSSR count). The van der Waals surface area contributed by atoms with Crippen molar-refractivity contribution >= 4 is 27.6 Å². The fourth-order valence-corrected chi connectivity index (χ4v) is 2.83. The highest BCUT2D eigenvalue weighted by atomic mass is 35.5. The fourth-order valence-electron chi connectivity index (χ4n) is 1.46. The van der Waals surface area contributed by atoms with Gasteiger partial charge in [0.25, 0.3) is 0 Å². The molecule has 0 saturated carbocycles. The quantitative estimate of drug-likeness (QED) is 0.815. The number of benzene rings is 1. The zero-order valence-corrected chi connectivity index (χ0v) is 12.3. The van der Waals surface area contributed by atoms with Crippen LogP contribution >= 0.6 is 11.6 Å². The number of sulfonamides is 1. The van der Waals surface area contributed by atoms with Crippen molar-refractivity contribution in [2.75, 3.05) is 6.61 Å². The van der Waals surface area contributed by atoms with Gasteiger partial charge in [-0.3, -0.25) is 4.79 Å². The van der Waals surface area contributed by atoms with E-state index in [2.05, 4.69) is 4.72 Å². The first-order chi connectivity index (χ1) is 8.85. The predicted molar refractivity (Wildman–Crippen MR) is 72.5 cm³/mol. The Balaban J connectivity index is 2.69. The van der Waals surface area contributed by atoms with Crippen LogP contribution in [0.4, 0.5) is 0 Å². The molecule has 1 atom stereocenters. The standard InChI is InChI=1S/C12H16ClNO4S/c1-3-18-12(15)8-9(2)14-19(16,17)11-6-4-10(13)5-7-11/h4-7,9,14H,3,8H2,1-2H3. The Hall–Kier alpha value is -1.11. The molecule has 0 aliphatic rings. The van der Waals surface area contributed by atoms with Gasteiger partial charge in [-0.2, -0.15) is 0 Å². The third-order valence-electron chi connectivity index (χ3n) is 2.26. The average Bonchev–Trinajstić information content (AvgIpc) is 2.28. The summed E-state index contributed by atoms with van der Waals surface area (Å²) >= 11 is 5.69. The van der Waals surface area contributed by atoms with Crippen LogP contribution in [0.5, 0.6) is 0 Å². The van der Waals surface area contributed by atoms with Crippen LogP contribution in [0, 0.1) is 0 Å². The van der Waals surface area contributed by atoms with Gasteiger partial charge in [0.2, 0.25) is 10.0 Å². The lowest BCUT2D eigenvalue weighted by molar-refractivity contribution is -0.143. The molecule has 0 aliphatic heterocycles. The van der Waals surface area contributed by atoms with Crippen molar-refractivity contribution in [2.24, 2.45) is 0 Å². The Labute approximate surface area is 118 Å². The first-order valence-electron chi connectivity index (χ1n) is 5.78. The lowest BCUT2D eigenvalue weighted by Gasteiger charge is -2.13. The molecule has 0 saturated heterocycles. The van der Waals surface area contributed by atoms with E-state index in [1.807, 2.05) is 0 Å². The van der Waals surface area contributed by atoms with Gasteiger partial charge < -0.3 is 4.74 Å². The summed E-state index contributed by atoms with van der Waals surface area (Å²) in [7, 11) is -3.65. The van der Waals surface area contributed by atoms with E-state index in [1.165, 1.54) is 24.3 Å². The molecule has 106 valence electrons. The van der Waals surface area contributed by atoms with Gasteiger partial charge in [0, 0.05) is 11.1 Å². The number of nitrogens with one attached hydrogen (secondary N) is 1. The SMILES string of the molecule is CCOC(=O)CC(C)NS(=O)(=O)c1ccc(Cl)cc1. The van der Waals surface area contributed by atoms with Crippen LogP contribution in [-0.4, -0.2) is 27.0 Å². The van der Waals surface area contributed by atoms with Crippen LogP contribution in [0.15, 0.2) is 29.2 Å². The van der Waals surface area contributed by atoms with Crippen molar-refractivity contribution in [1.82, 2.24) is 4.72 Å². The second-order valence-corrected chi connectivity index (χ2v) is 6.14. The van der Waals surface area contributed by atoms with E-state index in [0.29, 0.717) is 5.02 Å². The van der Waals surface area contributed by atoms with Gasteiger partial charge >= 0.3 is 5.97 Å². The molecule has 5 nitrogen and oxygen atoms in total. The van der Waals surface area contributed by atoms with E-state index in [-0.39, 0.29) is 17.9 Å². The van der Waals surface area contributed by atoms with Crippen molar-refractivity contribution in [3.63, 3.8) is 0 Å². The van der Waals surface area contributed by atoms with E-state index in [0.717, 1.165) is 0 Å². The molecule has 0 heterocycles. The first-order valence-corrected chi connectivity index (χ1v) is 7.64. The number of halogens is 1. The summed E-state index contributed by atoms with van der Waals surface area (Å²) in [6, 6.07) is 5.25. The van der Waals surface area contributed by atoms with Crippen LogP contribution in [0.2, 0.25) is 5.02 Å². The zero-order valence-electron chi connectivity index (χ0n) is 10.7. The summed E-state index contributed by atoms with van der Waals surface area (Å²) in [4.78, 5) is 11.4. The minimum atomic E-state index is -3.65. The normalized spacial score (nSPS) is 13.0. The van der Waals surface area contributed by atoms with Gasteiger partial charge in [0.15, 0.2) is 0 Å². The molecule has 0 aromatic heterocycles. The summed E-state index contributed by atoms with van der Waals surface area (Å²) in [5.74, 6) is -0.436. The summed E-state index contributed by atoms with van der Waals surface area (Å²) in [6.45, 7) is 3.57. The minimum Gasteiger partial charge on any atom is -0.466 e. The maximum Gasteiger partial charge on any atom is 0.307 e. The van der Waals surface area contributed by atoms with Crippen LogP contribution in [-0.2, 0) is 19.6 Å². The van der Waals surface area contributed by atoms with Crippen LogP contribution < -0.4 is 4.72 Å². The lowest BCUT2D eigenvalue weighted by Crippen LogP contribution is -2.34. The maximum atomic E-state index is 12.0. The van der Waals surface area contributed by atoms with Crippen LogP contribution in [0.3, 0.4) is 0 Å². The Morgan fingerprint density at radius 1 is 1.37 bits per heavy atom. The highest BCUT2D eigenvalue weighted by Gasteiger charge is 2.19. The fraction of sp³-hybridized carbons (Fsp3) is 0.417. The summed E-state index contributed by atoms with van der Waals surface area (Å²) in [6.07, 6.45) is -0.0132. The van der Waals surface area contributed by atoms with E-state index in [9.17, 15) is 13.2 Å². The molecule has 0 fully saturated rings. The van der Waals surface area contributed by atoms with Gasteiger partial charge in [0.1, 0.15) is 0 Å². The van der Waals surface area contributed by atoms with Crippen molar-refractivity contribution < 1.29 is 17.9 Å². The Morgan fingerprint density at radius 2 is 1.95 bits per heavy atom. The summed E-state index contributed by atoms with van der Waals surface area (Å²) in [5.41, 5.74) is 0. The van der Waals surface area contributed by atoms with E-state index in [4.69, 9.17) is 16.3 Å². The Bertz CT molecular complexity index is 527. The third kappa shape index (κ3) is 5.18. The van der Waals surface area contributed by atoms with Gasteiger partial charge in [-0.1, -0.05) is 11.6 Å². The predicted octanol–water partition coefficient (Wildman–Crippen LogP) is 1.96. The molecule has 19 heavy (non-hydrogen) atoms. The zero-order chi connectivity index (χ0) is 14.5. The third-order valence-corrected chi connectivity index (χ3v) is 4.12. The molecule has 1 unspecified atom stereocenters. The second-order valence-electron chi connectivity index (χ2n) is 3.99. The maximum absolute atomic E-state index is 12.0. The van der Waals surface area contributed by atoms with Gasteiger partial charge in [0.05, 0.1) is 17.9 Å². The largest absolute Gasteiger partial charge is 0.466 e. The topological polar surface area (TPSA) is 72.5 Å². The molecular weight excluding hydrogens is 290 g/mol. The van der Waals surface area contributed by atoms with Crippen LogP contribution in [0.25, 0.3) is 0 Å². The molecule has 1 aromatic carbocycles. The molecule has 0 spiro atoms. The highest BCUT2D eigenvalue weighted by molar-refractivity contribution is 7.89. The van der Waals surface area contributed by atoms with Crippen molar-refractivity contribution in [3.05, 3.63) is 29.3 Å². The average molecular weight is 306 g/mol. The molecule has 1 aromatic rings. The van der Waals surface area contributed by atoms with Gasteiger partial charge in [-0.25, -0.2) is 13.1 Å². The molecular formula is C12H16ClNO4S. The number of rotatable bonds is 6. The van der Waals surface area contributed by atoms with E-state index >= 15 is 0 Å². The molecule has 0 aliphatic carbocycles. The first kappa shape index (κ1) is 15.9.